The zero-order chi connectivity index (χ0) is 9.97. The molecule has 2 nitrogen and oxygen atoms in total. The molecule has 0 radical (unpaired) electrons. The van der Waals surface area contributed by atoms with Crippen molar-refractivity contribution < 1.29 is 0 Å². The Balaban J connectivity index is 2.46. The molecule has 0 aliphatic heterocycles. The standard InChI is InChI=1S/C11H12N2S/c1-2-8-5-9(3-4-11(8)12)10-6-13-14-7-10/h3-7H,2,12H2,1H3. The molecule has 2 N–H and O–H groups in total. The quantitative estimate of drug-likeness (QED) is 0.764. The number of rotatable bonds is 2. The fraction of sp³-hybridized carbons (Fsp3) is 0.182. The molecule has 1 aromatic heterocycles. The second kappa shape index (κ2) is 3.80. The molecule has 2 rings (SSSR count). The number of benzene rings is 1. The molecule has 0 bridgehead atoms. The number of nitrogens with two attached hydrogens (primary N) is 1. The smallest absolute Gasteiger partial charge is 0.0485 e. The van der Waals surface area contributed by atoms with E-state index in [0.29, 0.717) is 0 Å². The summed E-state index contributed by atoms with van der Waals surface area (Å²) in [6.07, 6.45) is 2.85. The van der Waals surface area contributed by atoms with E-state index in [2.05, 4.69) is 17.4 Å². The van der Waals surface area contributed by atoms with E-state index < -0.39 is 0 Å². The Morgan fingerprint density at radius 3 is 2.86 bits per heavy atom. The van der Waals surface area contributed by atoms with Crippen molar-refractivity contribution in [2.75, 3.05) is 5.73 Å². The van der Waals surface area contributed by atoms with Crippen LogP contribution in [0.15, 0.2) is 29.8 Å². The lowest BCUT2D eigenvalue weighted by molar-refractivity contribution is 1.15. The SMILES string of the molecule is CCc1cc(-c2cnsc2)ccc1N. The van der Waals surface area contributed by atoms with Crippen LogP contribution in [0.2, 0.25) is 0 Å². The number of hydrogen-bond acceptors (Lipinski definition) is 3. The van der Waals surface area contributed by atoms with E-state index in [1.54, 1.807) is 0 Å². The Hall–Kier alpha value is -1.35. The summed E-state index contributed by atoms with van der Waals surface area (Å²) < 4.78 is 4.09. The summed E-state index contributed by atoms with van der Waals surface area (Å²) in [4.78, 5) is 0. The van der Waals surface area contributed by atoms with Gasteiger partial charge >= 0.3 is 0 Å². The van der Waals surface area contributed by atoms with Gasteiger partial charge in [0, 0.05) is 22.8 Å². The van der Waals surface area contributed by atoms with Crippen molar-refractivity contribution in [1.82, 2.24) is 4.37 Å². The van der Waals surface area contributed by atoms with E-state index in [-0.39, 0.29) is 0 Å². The van der Waals surface area contributed by atoms with Crippen LogP contribution >= 0.6 is 11.5 Å². The normalized spacial score (nSPS) is 10.4. The maximum atomic E-state index is 5.84. The Kier molecular flexibility index (Phi) is 2.50. The van der Waals surface area contributed by atoms with Crippen LogP contribution in [-0.2, 0) is 6.42 Å². The first-order chi connectivity index (χ1) is 6.81. The third-order valence-corrected chi connectivity index (χ3v) is 2.88. The topological polar surface area (TPSA) is 38.9 Å². The van der Waals surface area contributed by atoms with Gasteiger partial charge in [0.15, 0.2) is 0 Å². The summed E-state index contributed by atoms with van der Waals surface area (Å²) in [5, 5.41) is 2.05. The second-order valence-electron chi connectivity index (χ2n) is 3.18. The van der Waals surface area contributed by atoms with E-state index in [1.165, 1.54) is 28.2 Å². The molecule has 0 saturated carbocycles. The number of nitrogens with zero attached hydrogens (tertiary/aromatic N) is 1. The first-order valence-corrected chi connectivity index (χ1v) is 5.43. The molecule has 0 fully saturated rings. The number of hydrogen-bond donors (Lipinski definition) is 1. The highest BCUT2D eigenvalue weighted by Crippen LogP contribution is 2.24. The van der Waals surface area contributed by atoms with E-state index in [1.807, 2.05) is 23.7 Å². The summed E-state index contributed by atoms with van der Waals surface area (Å²) in [5.74, 6) is 0. The minimum atomic E-state index is 0.874. The van der Waals surface area contributed by atoms with Crippen LogP contribution in [0.1, 0.15) is 12.5 Å². The number of nitrogen functional groups attached to an aromatic ring is 1. The van der Waals surface area contributed by atoms with Crippen LogP contribution in [-0.4, -0.2) is 4.37 Å². The molecule has 1 heterocycles. The average molecular weight is 204 g/mol. The molecule has 0 aliphatic carbocycles. The number of anilines is 1. The lowest BCUT2D eigenvalue weighted by Gasteiger charge is -2.04. The fourth-order valence-corrected chi connectivity index (χ4v) is 1.98. The van der Waals surface area contributed by atoms with Crippen molar-refractivity contribution >= 4 is 17.2 Å². The summed E-state index contributed by atoms with van der Waals surface area (Å²) in [6, 6.07) is 6.14. The summed E-state index contributed by atoms with van der Waals surface area (Å²) in [7, 11) is 0. The molecule has 0 amide bonds. The van der Waals surface area contributed by atoms with Gasteiger partial charge in [-0.05, 0) is 41.2 Å². The predicted molar refractivity (Wildman–Crippen MR) is 61.3 cm³/mol. The largest absolute Gasteiger partial charge is 0.399 e. The third-order valence-electron chi connectivity index (χ3n) is 2.29. The van der Waals surface area contributed by atoms with Crippen LogP contribution in [0.3, 0.4) is 0 Å². The molecule has 72 valence electrons. The van der Waals surface area contributed by atoms with Gasteiger partial charge in [-0.2, -0.15) is 0 Å². The Labute approximate surface area is 87.6 Å². The first-order valence-electron chi connectivity index (χ1n) is 4.59. The van der Waals surface area contributed by atoms with Crippen molar-refractivity contribution in [3.63, 3.8) is 0 Å². The molecule has 0 spiro atoms. The van der Waals surface area contributed by atoms with E-state index in [4.69, 9.17) is 5.73 Å². The fourth-order valence-electron chi connectivity index (χ4n) is 1.44. The molecule has 0 unspecified atom stereocenters. The molecular formula is C11H12N2S. The van der Waals surface area contributed by atoms with Crippen LogP contribution < -0.4 is 5.73 Å². The monoisotopic (exact) mass is 204 g/mol. The van der Waals surface area contributed by atoms with E-state index in [0.717, 1.165) is 12.1 Å². The van der Waals surface area contributed by atoms with Gasteiger partial charge in [0.2, 0.25) is 0 Å². The lowest BCUT2D eigenvalue weighted by atomic mass is 10.0. The van der Waals surface area contributed by atoms with Gasteiger partial charge in [0.25, 0.3) is 0 Å². The number of aromatic nitrogens is 1. The zero-order valence-electron chi connectivity index (χ0n) is 8.03. The highest BCUT2D eigenvalue weighted by molar-refractivity contribution is 7.03. The molecule has 0 atom stereocenters. The molecule has 3 heteroatoms. The predicted octanol–water partition coefficient (Wildman–Crippen LogP) is 2.95. The van der Waals surface area contributed by atoms with Gasteiger partial charge in [-0.1, -0.05) is 13.0 Å². The Morgan fingerprint density at radius 1 is 1.36 bits per heavy atom. The van der Waals surface area contributed by atoms with Gasteiger partial charge < -0.3 is 5.73 Å². The first kappa shape index (κ1) is 9.21. The number of aryl methyl sites for hydroxylation is 1. The average Bonchev–Trinajstić information content (AvgIpc) is 2.71. The van der Waals surface area contributed by atoms with Gasteiger partial charge in [-0.3, -0.25) is 0 Å². The molecule has 2 aromatic rings. The van der Waals surface area contributed by atoms with Crippen molar-refractivity contribution in [2.24, 2.45) is 0 Å². The maximum Gasteiger partial charge on any atom is 0.0485 e. The summed E-state index contributed by atoms with van der Waals surface area (Å²) in [6.45, 7) is 2.11. The van der Waals surface area contributed by atoms with Crippen LogP contribution in [0.5, 0.6) is 0 Å². The summed E-state index contributed by atoms with van der Waals surface area (Å²) >= 11 is 1.47. The Bertz CT molecular complexity index is 421. The minimum Gasteiger partial charge on any atom is -0.399 e. The lowest BCUT2D eigenvalue weighted by Crippen LogP contribution is -1.92. The van der Waals surface area contributed by atoms with Crippen molar-refractivity contribution in [1.29, 1.82) is 0 Å². The highest BCUT2D eigenvalue weighted by atomic mass is 32.1. The van der Waals surface area contributed by atoms with Crippen LogP contribution in [0, 0.1) is 0 Å². The van der Waals surface area contributed by atoms with Gasteiger partial charge in [-0.25, -0.2) is 4.37 Å². The van der Waals surface area contributed by atoms with Gasteiger partial charge in [0.1, 0.15) is 0 Å². The van der Waals surface area contributed by atoms with E-state index >= 15 is 0 Å². The molecule has 0 aliphatic rings. The molecule has 0 saturated heterocycles. The van der Waals surface area contributed by atoms with Gasteiger partial charge in [-0.15, -0.1) is 0 Å². The highest BCUT2D eigenvalue weighted by Gasteiger charge is 2.02. The summed E-state index contributed by atoms with van der Waals surface area (Å²) in [5.41, 5.74) is 10.3. The van der Waals surface area contributed by atoms with E-state index in [9.17, 15) is 0 Å². The zero-order valence-corrected chi connectivity index (χ0v) is 8.84. The van der Waals surface area contributed by atoms with Gasteiger partial charge in [0.05, 0.1) is 0 Å². The van der Waals surface area contributed by atoms with Crippen molar-refractivity contribution in [3.05, 3.63) is 35.3 Å². The second-order valence-corrected chi connectivity index (χ2v) is 3.84. The molecule has 14 heavy (non-hydrogen) atoms. The molecular weight excluding hydrogens is 192 g/mol. The van der Waals surface area contributed by atoms with Crippen LogP contribution in [0.25, 0.3) is 11.1 Å². The van der Waals surface area contributed by atoms with Crippen molar-refractivity contribution in [3.8, 4) is 11.1 Å². The Morgan fingerprint density at radius 2 is 2.21 bits per heavy atom. The maximum absolute atomic E-state index is 5.84. The third kappa shape index (κ3) is 1.63. The molecule has 1 aromatic carbocycles. The minimum absolute atomic E-state index is 0.874. The van der Waals surface area contributed by atoms with Crippen LogP contribution in [0.4, 0.5) is 5.69 Å². The van der Waals surface area contributed by atoms with Crippen molar-refractivity contribution in [2.45, 2.75) is 13.3 Å².